The van der Waals surface area contributed by atoms with Gasteiger partial charge in [0.15, 0.2) is 6.61 Å². The first-order chi connectivity index (χ1) is 16.4. The molecule has 0 saturated carbocycles. The van der Waals surface area contributed by atoms with Crippen LogP contribution >= 0.6 is 15.9 Å². The Morgan fingerprint density at radius 1 is 1.00 bits per heavy atom. The number of aromatic nitrogens is 2. The van der Waals surface area contributed by atoms with Crippen molar-refractivity contribution < 1.29 is 19.1 Å². The summed E-state index contributed by atoms with van der Waals surface area (Å²) in [5, 5.41) is 2.68. The monoisotopic (exact) mass is 521 g/mol. The molecule has 0 saturated heterocycles. The minimum Gasteiger partial charge on any atom is -0.496 e. The van der Waals surface area contributed by atoms with Gasteiger partial charge in [0.05, 0.1) is 29.4 Å². The zero-order valence-electron chi connectivity index (χ0n) is 18.1. The molecule has 0 fully saturated rings. The molecule has 0 aliphatic carbocycles. The fraction of sp³-hybridized carbons (Fsp3) is 0.0800. The molecule has 8 nitrogen and oxygen atoms in total. The standard InChI is InChI=1S/C25H20BrN3O5/c1-33-22-10-6-5-9-16(22)11-17(15-7-3-2-4-8-15)24(31)34-14-23(30)27-19-13-21-20(12-18(19)26)28-25(32)29-21/h2-13H,14H2,1H3,(H,27,30)(H2,28,29,32)/b17-11+. The van der Waals surface area contributed by atoms with Gasteiger partial charge in [0.2, 0.25) is 0 Å². The first-order valence-corrected chi connectivity index (χ1v) is 11.0. The molecule has 0 atom stereocenters. The molecule has 4 rings (SSSR count). The summed E-state index contributed by atoms with van der Waals surface area (Å²) in [6, 6.07) is 19.6. The van der Waals surface area contributed by atoms with Crippen LogP contribution in [-0.2, 0) is 14.3 Å². The van der Waals surface area contributed by atoms with Crippen molar-refractivity contribution in [2.24, 2.45) is 0 Å². The minimum absolute atomic E-state index is 0.283. The Morgan fingerprint density at radius 2 is 1.68 bits per heavy atom. The lowest BCUT2D eigenvalue weighted by Gasteiger charge is -2.11. The van der Waals surface area contributed by atoms with E-state index in [9.17, 15) is 14.4 Å². The van der Waals surface area contributed by atoms with Crippen LogP contribution < -0.4 is 15.7 Å². The van der Waals surface area contributed by atoms with Crippen LogP contribution in [0.25, 0.3) is 22.7 Å². The van der Waals surface area contributed by atoms with E-state index in [-0.39, 0.29) is 11.3 Å². The number of aromatic amines is 2. The van der Waals surface area contributed by atoms with E-state index in [1.807, 2.05) is 36.4 Å². The molecule has 3 aromatic carbocycles. The molecule has 0 unspecified atom stereocenters. The predicted molar refractivity (Wildman–Crippen MR) is 134 cm³/mol. The van der Waals surface area contributed by atoms with E-state index in [1.165, 1.54) is 0 Å². The second kappa shape index (κ2) is 10.2. The van der Waals surface area contributed by atoms with Crippen LogP contribution in [0.3, 0.4) is 0 Å². The SMILES string of the molecule is COc1ccccc1/C=C(/C(=O)OCC(=O)Nc1cc2[nH]c(=O)[nH]c2cc1Br)c1ccccc1. The molecule has 9 heteroatoms. The Labute approximate surface area is 202 Å². The maximum atomic E-state index is 13.0. The second-order valence-corrected chi connectivity index (χ2v) is 8.10. The highest BCUT2D eigenvalue weighted by molar-refractivity contribution is 9.10. The average molecular weight is 522 g/mol. The lowest BCUT2D eigenvalue weighted by Crippen LogP contribution is -2.21. The second-order valence-electron chi connectivity index (χ2n) is 7.25. The number of para-hydroxylation sites is 1. The van der Waals surface area contributed by atoms with E-state index in [0.29, 0.717) is 38.1 Å². The number of rotatable bonds is 7. The van der Waals surface area contributed by atoms with Crippen LogP contribution in [0.2, 0.25) is 0 Å². The maximum Gasteiger partial charge on any atom is 0.339 e. The van der Waals surface area contributed by atoms with Crippen molar-refractivity contribution in [2.45, 2.75) is 0 Å². The molecule has 1 aromatic heterocycles. The predicted octanol–water partition coefficient (Wildman–Crippen LogP) is 4.35. The normalized spacial score (nSPS) is 11.3. The summed E-state index contributed by atoms with van der Waals surface area (Å²) in [4.78, 5) is 42.2. The largest absolute Gasteiger partial charge is 0.496 e. The fourth-order valence-electron chi connectivity index (χ4n) is 3.37. The number of fused-ring (bicyclic) bond motifs is 1. The van der Waals surface area contributed by atoms with E-state index < -0.39 is 18.5 Å². The van der Waals surface area contributed by atoms with Gasteiger partial charge in [-0.1, -0.05) is 48.5 Å². The molecule has 0 aliphatic heterocycles. The van der Waals surface area contributed by atoms with Gasteiger partial charge in [-0.25, -0.2) is 9.59 Å². The Balaban J connectivity index is 1.52. The highest BCUT2D eigenvalue weighted by atomic mass is 79.9. The lowest BCUT2D eigenvalue weighted by molar-refractivity contribution is -0.141. The summed E-state index contributed by atoms with van der Waals surface area (Å²) in [5.41, 5.74) is 2.82. The van der Waals surface area contributed by atoms with Crippen molar-refractivity contribution in [3.8, 4) is 5.75 Å². The number of amides is 1. The summed E-state index contributed by atoms with van der Waals surface area (Å²) < 4.78 is 11.3. The van der Waals surface area contributed by atoms with Crippen LogP contribution in [0.5, 0.6) is 5.75 Å². The average Bonchev–Trinajstić information content (AvgIpc) is 3.20. The van der Waals surface area contributed by atoms with E-state index in [4.69, 9.17) is 9.47 Å². The molecule has 0 bridgehead atoms. The third-order valence-electron chi connectivity index (χ3n) is 4.96. The molecule has 1 heterocycles. The molecule has 172 valence electrons. The van der Waals surface area contributed by atoms with Crippen molar-refractivity contribution in [3.63, 3.8) is 0 Å². The zero-order valence-corrected chi connectivity index (χ0v) is 19.6. The number of carbonyl (C=O) groups excluding carboxylic acids is 2. The summed E-state index contributed by atoms with van der Waals surface area (Å²) in [5.74, 6) is -0.586. The minimum atomic E-state index is -0.656. The number of esters is 1. The number of halogens is 1. The molecule has 34 heavy (non-hydrogen) atoms. The number of ether oxygens (including phenoxy) is 2. The quantitative estimate of drug-likeness (QED) is 0.190. The van der Waals surface area contributed by atoms with E-state index >= 15 is 0 Å². The Hall–Kier alpha value is -4.11. The first kappa shape index (κ1) is 23.1. The molecule has 4 aromatic rings. The van der Waals surface area contributed by atoms with Crippen molar-refractivity contribution in [1.29, 1.82) is 0 Å². The van der Waals surface area contributed by atoms with Crippen molar-refractivity contribution in [2.75, 3.05) is 19.0 Å². The van der Waals surface area contributed by atoms with E-state index in [0.717, 1.165) is 0 Å². The number of carbonyl (C=O) groups is 2. The van der Waals surface area contributed by atoms with Gasteiger partial charge in [-0.2, -0.15) is 0 Å². The smallest absolute Gasteiger partial charge is 0.339 e. The van der Waals surface area contributed by atoms with Crippen LogP contribution in [-0.4, -0.2) is 35.6 Å². The van der Waals surface area contributed by atoms with E-state index in [2.05, 4.69) is 31.2 Å². The van der Waals surface area contributed by atoms with Crippen LogP contribution in [0.15, 0.2) is 76.0 Å². The highest BCUT2D eigenvalue weighted by Crippen LogP contribution is 2.27. The lowest BCUT2D eigenvalue weighted by atomic mass is 10.0. The molecule has 1 amide bonds. The number of hydrogen-bond donors (Lipinski definition) is 3. The number of methoxy groups -OCH3 is 1. The Kier molecular flexibility index (Phi) is 6.93. The molecular weight excluding hydrogens is 502 g/mol. The number of hydrogen-bond acceptors (Lipinski definition) is 5. The third-order valence-corrected chi connectivity index (χ3v) is 5.61. The van der Waals surface area contributed by atoms with Gasteiger partial charge in [0.25, 0.3) is 5.91 Å². The van der Waals surface area contributed by atoms with Gasteiger partial charge < -0.3 is 24.8 Å². The van der Waals surface area contributed by atoms with Crippen LogP contribution in [0.1, 0.15) is 11.1 Å². The molecule has 0 radical (unpaired) electrons. The summed E-state index contributed by atoms with van der Waals surface area (Å²) >= 11 is 3.36. The van der Waals surface area contributed by atoms with Crippen molar-refractivity contribution in [3.05, 3.63) is 92.8 Å². The molecule has 0 aliphatic rings. The summed E-state index contributed by atoms with van der Waals surface area (Å²) in [7, 11) is 1.55. The van der Waals surface area contributed by atoms with Gasteiger partial charge in [-0.15, -0.1) is 0 Å². The zero-order chi connectivity index (χ0) is 24.1. The number of nitrogens with one attached hydrogen (secondary N) is 3. The highest BCUT2D eigenvalue weighted by Gasteiger charge is 2.17. The first-order valence-electron chi connectivity index (χ1n) is 10.2. The van der Waals surface area contributed by atoms with E-state index in [1.54, 1.807) is 43.5 Å². The molecule has 3 N–H and O–H groups in total. The number of imidazole rings is 1. The van der Waals surface area contributed by atoms with Crippen molar-refractivity contribution in [1.82, 2.24) is 9.97 Å². The van der Waals surface area contributed by atoms with Gasteiger partial charge in [-0.3, -0.25) is 4.79 Å². The van der Waals surface area contributed by atoms with Crippen molar-refractivity contribution >= 4 is 56.2 Å². The number of H-pyrrole nitrogens is 2. The molecular formula is C25H20BrN3O5. The maximum absolute atomic E-state index is 13.0. The summed E-state index contributed by atoms with van der Waals surface area (Å²) in [6.45, 7) is -0.497. The third kappa shape index (κ3) is 5.26. The topological polar surface area (TPSA) is 113 Å². The van der Waals surface area contributed by atoms with Crippen LogP contribution in [0, 0.1) is 0 Å². The molecule has 0 spiro atoms. The summed E-state index contributed by atoms with van der Waals surface area (Å²) in [6.07, 6.45) is 1.67. The Bertz CT molecular complexity index is 1440. The van der Waals surface area contributed by atoms with Crippen LogP contribution in [0.4, 0.5) is 5.69 Å². The van der Waals surface area contributed by atoms with Gasteiger partial charge in [0.1, 0.15) is 5.75 Å². The van der Waals surface area contributed by atoms with Gasteiger partial charge >= 0.3 is 11.7 Å². The van der Waals surface area contributed by atoms with Gasteiger partial charge in [0, 0.05) is 10.0 Å². The van der Waals surface area contributed by atoms with Gasteiger partial charge in [-0.05, 0) is 45.8 Å². The number of benzene rings is 3. The number of anilines is 1. The fourth-order valence-corrected chi connectivity index (χ4v) is 3.81. The Morgan fingerprint density at radius 3 is 2.41 bits per heavy atom.